The molecule has 1 fully saturated rings. The molecule has 1 amide bonds. The molecule has 0 aliphatic carbocycles. The van der Waals surface area contributed by atoms with Crippen LogP contribution in [-0.4, -0.2) is 52.7 Å². The summed E-state index contributed by atoms with van der Waals surface area (Å²) in [6.45, 7) is 8.30. The summed E-state index contributed by atoms with van der Waals surface area (Å²) in [5, 5.41) is 10.1. The van der Waals surface area contributed by atoms with Gasteiger partial charge in [-0.25, -0.2) is 9.78 Å². The van der Waals surface area contributed by atoms with Gasteiger partial charge in [0.25, 0.3) is 0 Å². The van der Waals surface area contributed by atoms with Gasteiger partial charge in [0, 0.05) is 55.0 Å². The SMILES string of the molecule is CC(C)(C)OC(=O)N1CCN(c2ccc(-c3ccc4c(C#N)c[nH]c4c3)cn2)CC1. The highest BCUT2D eigenvalue weighted by atomic mass is 16.6. The molecule has 3 aromatic rings. The number of aromatic nitrogens is 2. The first-order chi connectivity index (χ1) is 14.3. The highest BCUT2D eigenvalue weighted by Crippen LogP contribution is 2.26. The number of piperazine rings is 1. The van der Waals surface area contributed by atoms with Crippen LogP contribution in [0.15, 0.2) is 42.7 Å². The van der Waals surface area contributed by atoms with Crippen molar-refractivity contribution in [2.75, 3.05) is 31.1 Å². The van der Waals surface area contributed by atoms with Crippen LogP contribution in [0.1, 0.15) is 26.3 Å². The fourth-order valence-electron chi connectivity index (χ4n) is 3.59. The van der Waals surface area contributed by atoms with E-state index in [4.69, 9.17) is 10.00 Å². The van der Waals surface area contributed by atoms with E-state index >= 15 is 0 Å². The zero-order valence-electron chi connectivity index (χ0n) is 17.5. The van der Waals surface area contributed by atoms with E-state index in [1.165, 1.54) is 0 Å². The fraction of sp³-hybridized carbons (Fsp3) is 0.348. The lowest BCUT2D eigenvalue weighted by molar-refractivity contribution is 0.0240. The minimum absolute atomic E-state index is 0.260. The zero-order valence-corrected chi connectivity index (χ0v) is 17.5. The molecule has 1 aromatic carbocycles. The average molecular weight is 403 g/mol. The molecule has 154 valence electrons. The Labute approximate surface area is 175 Å². The number of carbonyl (C=O) groups is 1. The number of anilines is 1. The Morgan fingerprint density at radius 2 is 1.87 bits per heavy atom. The van der Waals surface area contributed by atoms with Crippen LogP contribution in [0.4, 0.5) is 10.6 Å². The number of benzene rings is 1. The van der Waals surface area contributed by atoms with Gasteiger partial charge in [0.1, 0.15) is 17.5 Å². The highest BCUT2D eigenvalue weighted by molar-refractivity contribution is 5.89. The number of nitriles is 1. The fourth-order valence-corrected chi connectivity index (χ4v) is 3.59. The van der Waals surface area contributed by atoms with Crippen molar-refractivity contribution in [3.05, 3.63) is 48.3 Å². The summed E-state index contributed by atoms with van der Waals surface area (Å²) in [5.74, 6) is 0.898. The number of nitrogens with zero attached hydrogens (tertiary/aromatic N) is 4. The van der Waals surface area contributed by atoms with E-state index in [2.05, 4.69) is 27.0 Å². The lowest BCUT2D eigenvalue weighted by Gasteiger charge is -2.36. The predicted molar refractivity (Wildman–Crippen MR) is 116 cm³/mol. The first kappa shape index (κ1) is 19.8. The van der Waals surface area contributed by atoms with Gasteiger partial charge >= 0.3 is 6.09 Å². The lowest BCUT2D eigenvalue weighted by Crippen LogP contribution is -2.50. The molecule has 0 unspecified atom stereocenters. The Morgan fingerprint density at radius 3 is 2.50 bits per heavy atom. The van der Waals surface area contributed by atoms with Crippen molar-refractivity contribution >= 4 is 22.8 Å². The molecule has 0 radical (unpaired) electrons. The van der Waals surface area contributed by atoms with Gasteiger partial charge in [-0.3, -0.25) is 0 Å². The Morgan fingerprint density at radius 1 is 1.13 bits per heavy atom. The summed E-state index contributed by atoms with van der Waals surface area (Å²) in [6.07, 6.45) is 3.34. The molecule has 0 saturated carbocycles. The second kappa shape index (κ2) is 7.71. The van der Waals surface area contributed by atoms with Crippen LogP contribution in [0.2, 0.25) is 0 Å². The maximum Gasteiger partial charge on any atom is 0.410 e. The molecule has 1 aliphatic rings. The largest absolute Gasteiger partial charge is 0.444 e. The number of H-pyrrole nitrogens is 1. The standard InChI is InChI=1S/C23H25N5O2/c1-23(2,3)30-22(29)28-10-8-27(9-11-28)21-7-5-17(14-26-21)16-4-6-19-18(13-24)15-25-20(19)12-16/h4-7,12,14-15,25H,8-11H2,1-3H3. The van der Waals surface area contributed by atoms with Crippen molar-refractivity contribution in [1.29, 1.82) is 5.26 Å². The normalized spacial score (nSPS) is 14.6. The number of aromatic amines is 1. The van der Waals surface area contributed by atoms with Crippen LogP contribution >= 0.6 is 0 Å². The van der Waals surface area contributed by atoms with E-state index in [-0.39, 0.29) is 6.09 Å². The van der Waals surface area contributed by atoms with Gasteiger partial charge in [-0.1, -0.05) is 12.1 Å². The van der Waals surface area contributed by atoms with Crippen molar-refractivity contribution < 1.29 is 9.53 Å². The van der Waals surface area contributed by atoms with Gasteiger partial charge in [0.2, 0.25) is 0 Å². The lowest BCUT2D eigenvalue weighted by atomic mass is 10.0. The molecule has 1 aliphatic heterocycles. The van der Waals surface area contributed by atoms with Gasteiger partial charge < -0.3 is 19.5 Å². The molecule has 3 heterocycles. The molecule has 2 aromatic heterocycles. The summed E-state index contributed by atoms with van der Waals surface area (Å²) in [4.78, 5) is 23.9. The third kappa shape index (κ3) is 4.08. The summed E-state index contributed by atoms with van der Waals surface area (Å²) in [7, 11) is 0. The second-order valence-corrected chi connectivity index (χ2v) is 8.43. The van der Waals surface area contributed by atoms with Gasteiger partial charge in [-0.05, 0) is 44.5 Å². The van der Waals surface area contributed by atoms with Crippen LogP contribution in [0, 0.1) is 11.3 Å². The number of fused-ring (bicyclic) bond motifs is 1. The maximum atomic E-state index is 12.2. The molecule has 1 saturated heterocycles. The minimum Gasteiger partial charge on any atom is -0.444 e. The quantitative estimate of drug-likeness (QED) is 0.694. The number of ether oxygens (including phenoxy) is 1. The van der Waals surface area contributed by atoms with Gasteiger partial charge in [-0.2, -0.15) is 5.26 Å². The van der Waals surface area contributed by atoms with Crippen molar-refractivity contribution in [2.24, 2.45) is 0 Å². The van der Waals surface area contributed by atoms with Crippen LogP contribution in [0.3, 0.4) is 0 Å². The first-order valence-corrected chi connectivity index (χ1v) is 10.0. The van der Waals surface area contributed by atoms with Gasteiger partial charge in [-0.15, -0.1) is 0 Å². The van der Waals surface area contributed by atoms with Crippen LogP contribution < -0.4 is 4.90 Å². The van der Waals surface area contributed by atoms with E-state index < -0.39 is 5.60 Å². The van der Waals surface area contributed by atoms with Crippen LogP contribution in [0.25, 0.3) is 22.0 Å². The van der Waals surface area contributed by atoms with Gasteiger partial charge in [0.05, 0.1) is 5.56 Å². The number of pyridine rings is 1. The number of hydrogen-bond donors (Lipinski definition) is 1. The summed E-state index contributed by atoms with van der Waals surface area (Å²) >= 11 is 0. The van der Waals surface area contributed by atoms with Crippen molar-refractivity contribution in [3.63, 3.8) is 0 Å². The number of rotatable bonds is 2. The van der Waals surface area contributed by atoms with Crippen molar-refractivity contribution in [1.82, 2.24) is 14.9 Å². The molecule has 30 heavy (non-hydrogen) atoms. The Hall–Kier alpha value is -3.53. The molecule has 1 N–H and O–H groups in total. The van der Waals surface area contributed by atoms with E-state index in [1.807, 2.05) is 51.2 Å². The van der Waals surface area contributed by atoms with Crippen molar-refractivity contribution in [3.8, 4) is 17.2 Å². The average Bonchev–Trinajstić information content (AvgIpc) is 3.15. The Balaban J connectivity index is 1.42. The summed E-state index contributed by atoms with van der Waals surface area (Å²) < 4.78 is 5.45. The first-order valence-electron chi connectivity index (χ1n) is 10.0. The number of hydrogen-bond acceptors (Lipinski definition) is 5. The molecule has 0 spiro atoms. The monoisotopic (exact) mass is 403 g/mol. The maximum absolute atomic E-state index is 12.2. The molecule has 0 bridgehead atoms. The number of carbonyl (C=O) groups excluding carboxylic acids is 1. The summed E-state index contributed by atoms with van der Waals surface area (Å²) in [6, 6.07) is 12.3. The third-order valence-electron chi connectivity index (χ3n) is 5.14. The van der Waals surface area contributed by atoms with Gasteiger partial charge in [0.15, 0.2) is 0 Å². The second-order valence-electron chi connectivity index (χ2n) is 8.43. The van der Waals surface area contributed by atoms with E-state index in [0.717, 1.165) is 40.9 Å². The molecule has 4 rings (SSSR count). The van der Waals surface area contributed by atoms with E-state index in [0.29, 0.717) is 18.7 Å². The molecular formula is C23H25N5O2. The minimum atomic E-state index is -0.481. The zero-order chi connectivity index (χ0) is 21.3. The molecule has 7 nitrogen and oxygen atoms in total. The molecule has 7 heteroatoms. The van der Waals surface area contributed by atoms with Crippen LogP contribution in [0.5, 0.6) is 0 Å². The Bertz CT molecular complexity index is 1100. The topological polar surface area (TPSA) is 85.2 Å². The third-order valence-corrected chi connectivity index (χ3v) is 5.14. The van der Waals surface area contributed by atoms with Crippen molar-refractivity contribution in [2.45, 2.75) is 26.4 Å². The smallest absolute Gasteiger partial charge is 0.410 e. The summed E-state index contributed by atoms with van der Waals surface area (Å²) in [5.41, 5.74) is 3.16. The van der Waals surface area contributed by atoms with E-state index in [9.17, 15) is 4.79 Å². The van der Waals surface area contributed by atoms with Crippen LogP contribution in [-0.2, 0) is 4.74 Å². The highest BCUT2D eigenvalue weighted by Gasteiger charge is 2.26. The Kier molecular flexibility index (Phi) is 5.08. The number of amides is 1. The van der Waals surface area contributed by atoms with E-state index in [1.54, 1.807) is 11.1 Å². The predicted octanol–water partition coefficient (Wildman–Crippen LogP) is 4.16. The molecule has 0 atom stereocenters. The number of nitrogens with one attached hydrogen (secondary N) is 1. The molecular weight excluding hydrogens is 378 g/mol.